The second kappa shape index (κ2) is 10.2. The second-order valence-corrected chi connectivity index (χ2v) is 9.56. The van der Waals surface area contributed by atoms with Crippen molar-refractivity contribution in [1.82, 2.24) is 4.98 Å². The van der Waals surface area contributed by atoms with Gasteiger partial charge in [0, 0.05) is 21.5 Å². The predicted octanol–water partition coefficient (Wildman–Crippen LogP) is 6.40. The van der Waals surface area contributed by atoms with E-state index in [1.165, 1.54) is 0 Å². The number of halogens is 1. The molecule has 0 aliphatic carbocycles. The summed E-state index contributed by atoms with van der Waals surface area (Å²) in [5.74, 6) is -1.79. The van der Waals surface area contributed by atoms with Crippen molar-refractivity contribution < 1.29 is 23.9 Å². The third kappa shape index (κ3) is 4.52. The summed E-state index contributed by atoms with van der Waals surface area (Å²) in [6.07, 6.45) is 0. The van der Waals surface area contributed by atoms with E-state index in [0.717, 1.165) is 4.90 Å². The van der Waals surface area contributed by atoms with Crippen molar-refractivity contribution in [2.45, 2.75) is 0 Å². The number of hydrogen-bond donors (Lipinski definition) is 0. The molecule has 0 atom stereocenters. The van der Waals surface area contributed by atoms with Crippen LogP contribution in [0, 0.1) is 0 Å². The first-order chi connectivity index (χ1) is 19.4. The fourth-order valence-corrected chi connectivity index (χ4v) is 4.81. The van der Waals surface area contributed by atoms with Crippen LogP contribution in [0.3, 0.4) is 0 Å². The van der Waals surface area contributed by atoms with Gasteiger partial charge >= 0.3 is 5.97 Å². The molecular weight excluding hydrogens is 528 g/mol. The van der Waals surface area contributed by atoms with Crippen molar-refractivity contribution >= 4 is 51.8 Å². The van der Waals surface area contributed by atoms with Crippen molar-refractivity contribution in [2.75, 3.05) is 11.5 Å². The molecule has 5 aromatic rings. The Kier molecular flexibility index (Phi) is 6.42. The van der Waals surface area contributed by atoms with Crippen molar-refractivity contribution in [2.24, 2.45) is 0 Å². The number of fused-ring (bicyclic) bond motifs is 2. The number of ketones is 1. The monoisotopic (exact) mass is 546 g/mol. The number of nitrogens with zero attached hydrogens (tertiary/aromatic N) is 2. The van der Waals surface area contributed by atoms with Crippen LogP contribution in [0.15, 0.2) is 103 Å². The van der Waals surface area contributed by atoms with E-state index >= 15 is 0 Å². The SMILES string of the molecule is O=C(COC(=O)c1cc(-c2ccc(N3C(=O)c4ccccc4C3=O)cc2)nc2ccc(Cl)cc12)c1ccccc1. The van der Waals surface area contributed by atoms with Gasteiger partial charge in [0.05, 0.1) is 33.6 Å². The van der Waals surface area contributed by atoms with Crippen LogP contribution in [0.5, 0.6) is 0 Å². The highest BCUT2D eigenvalue weighted by molar-refractivity contribution is 6.34. The van der Waals surface area contributed by atoms with Crippen molar-refractivity contribution in [3.63, 3.8) is 0 Å². The lowest BCUT2D eigenvalue weighted by atomic mass is 10.0. The molecule has 194 valence electrons. The van der Waals surface area contributed by atoms with Gasteiger partial charge in [0.1, 0.15) is 0 Å². The summed E-state index contributed by atoms with van der Waals surface area (Å²) in [4.78, 5) is 57.2. The summed E-state index contributed by atoms with van der Waals surface area (Å²) in [6.45, 7) is -0.419. The summed E-state index contributed by atoms with van der Waals surface area (Å²) >= 11 is 6.20. The van der Waals surface area contributed by atoms with Crippen molar-refractivity contribution in [3.8, 4) is 11.3 Å². The highest BCUT2D eigenvalue weighted by Gasteiger charge is 2.36. The molecule has 40 heavy (non-hydrogen) atoms. The number of ether oxygens (including phenoxy) is 1. The maximum atomic E-state index is 13.2. The molecule has 1 aliphatic rings. The molecule has 0 saturated heterocycles. The maximum Gasteiger partial charge on any atom is 0.339 e. The zero-order valence-corrected chi connectivity index (χ0v) is 21.6. The van der Waals surface area contributed by atoms with E-state index in [0.29, 0.717) is 49.6 Å². The fraction of sp³-hybridized carbons (Fsp3) is 0.0312. The molecule has 0 radical (unpaired) electrons. The molecule has 1 aromatic heterocycles. The van der Waals surface area contributed by atoms with Crippen LogP contribution >= 0.6 is 11.6 Å². The van der Waals surface area contributed by atoms with Crippen LogP contribution in [0.2, 0.25) is 5.02 Å². The summed E-state index contributed by atoms with van der Waals surface area (Å²) in [7, 11) is 0. The van der Waals surface area contributed by atoms with Crippen LogP contribution in [0.4, 0.5) is 5.69 Å². The van der Waals surface area contributed by atoms with Gasteiger partial charge in [-0.15, -0.1) is 0 Å². The number of esters is 1. The molecule has 0 spiro atoms. The maximum absolute atomic E-state index is 13.2. The zero-order chi connectivity index (χ0) is 27.8. The highest BCUT2D eigenvalue weighted by atomic mass is 35.5. The minimum atomic E-state index is -0.692. The van der Waals surface area contributed by atoms with E-state index in [-0.39, 0.29) is 23.2 Å². The zero-order valence-electron chi connectivity index (χ0n) is 20.8. The van der Waals surface area contributed by atoms with E-state index < -0.39 is 12.6 Å². The number of carbonyl (C=O) groups excluding carboxylic acids is 4. The Labute approximate surface area is 233 Å². The number of pyridine rings is 1. The number of Topliss-reactive ketones (excluding diaryl/α,β-unsaturated/α-hetero) is 1. The molecule has 8 heteroatoms. The van der Waals surface area contributed by atoms with Crippen LogP contribution < -0.4 is 4.90 Å². The first kappa shape index (κ1) is 25.2. The summed E-state index contributed by atoms with van der Waals surface area (Å²) in [6, 6.07) is 28.6. The number of anilines is 1. The normalized spacial score (nSPS) is 12.5. The quantitative estimate of drug-likeness (QED) is 0.139. The Morgan fingerprint density at radius 1 is 0.775 bits per heavy atom. The Balaban J connectivity index is 1.31. The first-order valence-electron chi connectivity index (χ1n) is 12.3. The third-order valence-corrected chi connectivity index (χ3v) is 6.87. The van der Waals surface area contributed by atoms with E-state index in [9.17, 15) is 19.2 Å². The molecule has 1 aliphatic heterocycles. The third-order valence-electron chi connectivity index (χ3n) is 6.64. The van der Waals surface area contributed by atoms with Crippen LogP contribution in [0.1, 0.15) is 41.4 Å². The summed E-state index contributed by atoms with van der Waals surface area (Å²) in [5.41, 5.74) is 3.40. The van der Waals surface area contributed by atoms with Gasteiger partial charge < -0.3 is 4.74 Å². The van der Waals surface area contributed by atoms with Gasteiger partial charge in [0.25, 0.3) is 11.8 Å². The Morgan fingerprint density at radius 3 is 2.10 bits per heavy atom. The van der Waals surface area contributed by atoms with Crippen LogP contribution in [0.25, 0.3) is 22.2 Å². The van der Waals surface area contributed by atoms with Gasteiger partial charge in [-0.05, 0) is 48.5 Å². The number of hydrogen-bond acceptors (Lipinski definition) is 6. The van der Waals surface area contributed by atoms with Gasteiger partial charge in [-0.2, -0.15) is 0 Å². The number of aromatic nitrogens is 1. The topological polar surface area (TPSA) is 93.6 Å². The smallest absolute Gasteiger partial charge is 0.339 e. The van der Waals surface area contributed by atoms with Crippen LogP contribution in [-0.2, 0) is 4.74 Å². The molecule has 0 bridgehead atoms. The molecule has 7 nitrogen and oxygen atoms in total. The molecular formula is C32H19ClN2O5. The Hall–Kier alpha value is -5.14. The number of amides is 2. The number of imide groups is 1. The molecule has 2 heterocycles. The van der Waals surface area contributed by atoms with Crippen molar-refractivity contribution in [1.29, 1.82) is 0 Å². The fourth-order valence-electron chi connectivity index (χ4n) is 4.64. The van der Waals surface area contributed by atoms with E-state index in [4.69, 9.17) is 16.3 Å². The van der Waals surface area contributed by atoms with Gasteiger partial charge in [0.15, 0.2) is 12.4 Å². The standard InChI is InChI=1S/C32H19ClN2O5/c33-21-12-15-27-25(16-21)26(32(39)40-18-29(36)20-6-2-1-3-7-20)17-28(34-27)19-10-13-22(14-11-19)35-30(37)23-8-4-5-9-24(23)31(35)38/h1-17H,18H2. The average molecular weight is 547 g/mol. The Morgan fingerprint density at radius 2 is 1.43 bits per heavy atom. The number of carbonyl (C=O) groups is 4. The average Bonchev–Trinajstić information content (AvgIpc) is 3.25. The van der Waals surface area contributed by atoms with Crippen LogP contribution in [-0.4, -0.2) is 35.2 Å². The lowest BCUT2D eigenvalue weighted by Crippen LogP contribution is -2.29. The van der Waals surface area contributed by atoms with E-state index in [2.05, 4.69) is 4.98 Å². The Bertz CT molecular complexity index is 1800. The lowest BCUT2D eigenvalue weighted by molar-refractivity contribution is 0.0476. The molecule has 0 N–H and O–H groups in total. The summed E-state index contributed by atoms with van der Waals surface area (Å²) in [5, 5.41) is 0.901. The molecule has 0 fully saturated rings. The molecule has 0 saturated carbocycles. The molecule has 4 aromatic carbocycles. The van der Waals surface area contributed by atoms with Gasteiger partial charge in [-0.25, -0.2) is 14.7 Å². The van der Waals surface area contributed by atoms with Gasteiger partial charge in [-0.3, -0.25) is 14.4 Å². The van der Waals surface area contributed by atoms with Crippen molar-refractivity contribution in [3.05, 3.63) is 130 Å². The minimum absolute atomic E-state index is 0.202. The van der Waals surface area contributed by atoms with Gasteiger partial charge in [-0.1, -0.05) is 66.2 Å². The lowest BCUT2D eigenvalue weighted by Gasteiger charge is -2.15. The number of rotatable bonds is 6. The molecule has 0 unspecified atom stereocenters. The minimum Gasteiger partial charge on any atom is -0.454 e. The molecule has 2 amide bonds. The highest BCUT2D eigenvalue weighted by Crippen LogP contribution is 2.32. The molecule has 6 rings (SSSR count). The number of benzene rings is 4. The summed E-state index contributed by atoms with van der Waals surface area (Å²) < 4.78 is 5.38. The predicted molar refractivity (Wildman–Crippen MR) is 151 cm³/mol. The van der Waals surface area contributed by atoms with E-state index in [1.807, 2.05) is 0 Å². The van der Waals surface area contributed by atoms with Gasteiger partial charge in [0.2, 0.25) is 0 Å². The second-order valence-electron chi connectivity index (χ2n) is 9.12. The first-order valence-corrected chi connectivity index (χ1v) is 12.7. The largest absolute Gasteiger partial charge is 0.454 e. The van der Waals surface area contributed by atoms with E-state index in [1.54, 1.807) is 103 Å².